The molecule has 4 aromatic carbocycles. The second kappa shape index (κ2) is 8.34. The summed E-state index contributed by atoms with van der Waals surface area (Å²) in [5.74, 6) is -0.452. The van der Waals surface area contributed by atoms with Crippen molar-refractivity contribution in [3.63, 3.8) is 0 Å². The second-order valence-corrected chi connectivity index (χ2v) is 8.72. The van der Waals surface area contributed by atoms with Crippen LogP contribution in [0.5, 0.6) is 0 Å². The third kappa shape index (κ3) is 3.28. The Labute approximate surface area is 198 Å². The van der Waals surface area contributed by atoms with Crippen LogP contribution in [-0.4, -0.2) is 18.6 Å². The van der Waals surface area contributed by atoms with E-state index in [-0.39, 0.29) is 11.6 Å². The molecule has 1 aliphatic rings. The van der Waals surface area contributed by atoms with Crippen LogP contribution in [0, 0.1) is 0 Å². The SMILES string of the molecule is CN1c2ccccc2[C@](C(=O)c2ccccc2)(C(=O)c2ccc(Cl)cc2)[C@H]1c1ccccc1. The number of para-hydroxylation sites is 1. The smallest absolute Gasteiger partial charge is 0.183 e. The zero-order chi connectivity index (χ0) is 23.0. The van der Waals surface area contributed by atoms with Crippen molar-refractivity contribution in [2.45, 2.75) is 11.5 Å². The highest BCUT2D eigenvalue weighted by molar-refractivity contribution is 6.31. The average Bonchev–Trinajstić information content (AvgIpc) is 3.14. The molecule has 0 aromatic heterocycles. The lowest BCUT2D eigenvalue weighted by Gasteiger charge is -2.36. The lowest BCUT2D eigenvalue weighted by Crippen LogP contribution is -2.49. The number of carbonyl (C=O) groups is 2. The minimum atomic E-state index is -1.46. The third-order valence-corrected chi connectivity index (χ3v) is 6.73. The van der Waals surface area contributed by atoms with Gasteiger partial charge in [0.05, 0.1) is 6.04 Å². The van der Waals surface area contributed by atoms with E-state index in [1.165, 1.54) is 0 Å². The fourth-order valence-electron chi connectivity index (χ4n) is 5.04. The number of halogens is 1. The molecule has 0 saturated carbocycles. The summed E-state index contributed by atoms with van der Waals surface area (Å²) >= 11 is 6.11. The highest BCUT2D eigenvalue weighted by Crippen LogP contribution is 2.55. The summed E-state index contributed by atoms with van der Waals surface area (Å²) in [7, 11) is 1.95. The number of Topliss-reactive ketones (excluding diaryl/α,β-unsaturated/α-hetero) is 2. The number of hydrogen-bond donors (Lipinski definition) is 0. The molecular weight excluding hydrogens is 430 g/mol. The van der Waals surface area contributed by atoms with E-state index in [0.29, 0.717) is 16.1 Å². The Hall–Kier alpha value is -3.69. The van der Waals surface area contributed by atoms with Gasteiger partial charge in [0.2, 0.25) is 0 Å². The first-order chi connectivity index (χ1) is 16.0. The Bertz CT molecular complexity index is 1320. The fourth-order valence-corrected chi connectivity index (χ4v) is 5.17. The summed E-state index contributed by atoms with van der Waals surface area (Å²) < 4.78 is 0. The third-order valence-electron chi connectivity index (χ3n) is 6.48. The molecule has 5 rings (SSSR count). The largest absolute Gasteiger partial charge is 0.365 e. The highest BCUT2D eigenvalue weighted by atomic mass is 35.5. The molecule has 0 unspecified atom stereocenters. The monoisotopic (exact) mass is 451 g/mol. The Morgan fingerprint density at radius 1 is 0.697 bits per heavy atom. The number of rotatable bonds is 5. The van der Waals surface area contributed by atoms with Crippen molar-refractivity contribution in [2.75, 3.05) is 11.9 Å². The molecular formula is C29H22ClNO2. The maximum absolute atomic E-state index is 14.5. The van der Waals surface area contributed by atoms with Gasteiger partial charge in [0.25, 0.3) is 0 Å². The van der Waals surface area contributed by atoms with E-state index in [1.807, 2.05) is 79.8 Å². The van der Waals surface area contributed by atoms with Crippen LogP contribution in [0.1, 0.15) is 37.9 Å². The van der Waals surface area contributed by atoms with Crippen molar-refractivity contribution >= 4 is 28.9 Å². The topological polar surface area (TPSA) is 37.4 Å². The number of ketones is 2. The zero-order valence-electron chi connectivity index (χ0n) is 18.1. The standard InChI is InChI=1S/C29H22ClNO2/c1-31-25-15-9-8-14-24(25)29(26(31)20-10-4-2-5-11-20,27(32)21-12-6-3-7-13-21)28(33)22-16-18-23(30)19-17-22/h2-19,26H,1H3/t26-,29+/m1/s1. The van der Waals surface area contributed by atoms with Crippen molar-refractivity contribution in [1.29, 1.82) is 0 Å². The van der Waals surface area contributed by atoms with Crippen LogP contribution in [0.2, 0.25) is 5.02 Å². The van der Waals surface area contributed by atoms with Crippen LogP contribution in [0.4, 0.5) is 5.69 Å². The minimum Gasteiger partial charge on any atom is -0.365 e. The van der Waals surface area contributed by atoms with E-state index in [4.69, 9.17) is 11.6 Å². The first-order valence-electron chi connectivity index (χ1n) is 10.8. The van der Waals surface area contributed by atoms with Crippen LogP contribution in [0.25, 0.3) is 0 Å². The van der Waals surface area contributed by atoms with Gasteiger partial charge < -0.3 is 4.90 Å². The molecule has 1 aliphatic heterocycles. The lowest BCUT2D eigenvalue weighted by molar-refractivity contribution is 0.0740. The molecule has 0 radical (unpaired) electrons. The van der Waals surface area contributed by atoms with Gasteiger partial charge in [0.15, 0.2) is 11.6 Å². The summed E-state index contributed by atoms with van der Waals surface area (Å²) in [5, 5.41) is 0.540. The molecule has 1 heterocycles. The van der Waals surface area contributed by atoms with Crippen molar-refractivity contribution in [1.82, 2.24) is 0 Å². The lowest BCUT2D eigenvalue weighted by atomic mass is 9.65. The maximum atomic E-state index is 14.5. The van der Waals surface area contributed by atoms with Crippen molar-refractivity contribution < 1.29 is 9.59 Å². The summed E-state index contributed by atoms with van der Waals surface area (Å²) in [4.78, 5) is 31.0. The van der Waals surface area contributed by atoms with E-state index >= 15 is 0 Å². The summed E-state index contributed by atoms with van der Waals surface area (Å²) in [6, 6.07) is 32.9. The first kappa shape index (κ1) is 21.2. The van der Waals surface area contributed by atoms with Crippen LogP contribution < -0.4 is 4.90 Å². The number of carbonyl (C=O) groups excluding carboxylic acids is 2. The fraction of sp³-hybridized carbons (Fsp3) is 0.103. The molecule has 4 aromatic rings. The number of anilines is 1. The summed E-state index contributed by atoms with van der Waals surface area (Å²) in [6.45, 7) is 0. The molecule has 0 bridgehead atoms. The van der Waals surface area contributed by atoms with E-state index in [0.717, 1.165) is 16.8 Å². The average molecular weight is 452 g/mol. The predicted molar refractivity (Wildman–Crippen MR) is 132 cm³/mol. The van der Waals surface area contributed by atoms with Gasteiger partial charge in [0, 0.05) is 28.9 Å². The van der Waals surface area contributed by atoms with Crippen molar-refractivity contribution in [3.8, 4) is 0 Å². The number of nitrogens with zero attached hydrogens (tertiary/aromatic N) is 1. The highest BCUT2D eigenvalue weighted by Gasteiger charge is 2.60. The summed E-state index contributed by atoms with van der Waals surface area (Å²) in [6.07, 6.45) is 0. The molecule has 0 N–H and O–H groups in total. The number of benzene rings is 4. The first-order valence-corrected chi connectivity index (χ1v) is 11.2. The normalized spacial score (nSPS) is 19.2. The summed E-state index contributed by atoms with van der Waals surface area (Å²) in [5.41, 5.74) is 2.00. The van der Waals surface area contributed by atoms with Gasteiger partial charge in [-0.05, 0) is 41.5 Å². The van der Waals surface area contributed by atoms with Crippen LogP contribution in [0.15, 0.2) is 109 Å². The molecule has 3 nitrogen and oxygen atoms in total. The predicted octanol–water partition coefficient (Wildman–Crippen LogP) is 6.53. The van der Waals surface area contributed by atoms with E-state index in [9.17, 15) is 9.59 Å². The van der Waals surface area contributed by atoms with Gasteiger partial charge in [-0.3, -0.25) is 9.59 Å². The molecule has 0 fully saturated rings. The van der Waals surface area contributed by atoms with E-state index in [1.54, 1.807) is 36.4 Å². The van der Waals surface area contributed by atoms with Gasteiger partial charge in [-0.2, -0.15) is 0 Å². The van der Waals surface area contributed by atoms with Gasteiger partial charge in [-0.25, -0.2) is 0 Å². The van der Waals surface area contributed by atoms with Gasteiger partial charge in [-0.1, -0.05) is 90.5 Å². The Kier molecular flexibility index (Phi) is 5.35. The number of likely N-dealkylation sites (N-methyl/N-ethyl adjacent to an activating group) is 1. The quantitative estimate of drug-likeness (QED) is 0.255. The molecule has 0 saturated heterocycles. The Morgan fingerprint density at radius 2 is 1.21 bits per heavy atom. The number of hydrogen-bond acceptors (Lipinski definition) is 3. The maximum Gasteiger partial charge on any atom is 0.183 e. The Balaban J connectivity index is 1.85. The van der Waals surface area contributed by atoms with Crippen molar-refractivity contribution in [2.24, 2.45) is 0 Å². The Morgan fingerprint density at radius 3 is 1.85 bits per heavy atom. The molecule has 2 atom stereocenters. The minimum absolute atomic E-state index is 0.214. The van der Waals surface area contributed by atoms with Crippen LogP contribution in [0.3, 0.4) is 0 Å². The zero-order valence-corrected chi connectivity index (χ0v) is 18.9. The van der Waals surface area contributed by atoms with E-state index < -0.39 is 11.5 Å². The molecule has 0 aliphatic carbocycles. The van der Waals surface area contributed by atoms with Crippen LogP contribution in [-0.2, 0) is 5.41 Å². The van der Waals surface area contributed by atoms with Crippen molar-refractivity contribution in [3.05, 3.63) is 136 Å². The van der Waals surface area contributed by atoms with Gasteiger partial charge in [-0.15, -0.1) is 0 Å². The molecule has 0 spiro atoms. The second-order valence-electron chi connectivity index (χ2n) is 8.28. The molecule has 33 heavy (non-hydrogen) atoms. The molecule has 162 valence electrons. The molecule has 0 amide bonds. The molecule has 4 heteroatoms. The number of fused-ring (bicyclic) bond motifs is 1. The van der Waals surface area contributed by atoms with Gasteiger partial charge >= 0.3 is 0 Å². The van der Waals surface area contributed by atoms with Crippen LogP contribution >= 0.6 is 11.6 Å². The van der Waals surface area contributed by atoms with E-state index in [2.05, 4.69) is 4.90 Å². The van der Waals surface area contributed by atoms with Gasteiger partial charge in [0.1, 0.15) is 5.41 Å².